The van der Waals surface area contributed by atoms with Gasteiger partial charge in [-0.15, -0.1) is 5.10 Å². The molecule has 0 saturated heterocycles. The average molecular weight is 285 g/mol. The number of hydrogen-bond acceptors (Lipinski definition) is 4. The second kappa shape index (κ2) is 4.54. The van der Waals surface area contributed by atoms with Crippen LogP contribution in [0.1, 0.15) is 37.3 Å². The first-order chi connectivity index (χ1) is 10.2. The summed E-state index contributed by atoms with van der Waals surface area (Å²) in [5, 5.41) is 18.6. The Bertz CT molecular complexity index is 813. The summed E-state index contributed by atoms with van der Waals surface area (Å²) in [6.07, 6.45) is 6.63. The number of aromatic amines is 1. The van der Waals surface area contributed by atoms with Crippen LogP contribution in [0.2, 0.25) is 0 Å². The highest BCUT2D eigenvalue weighted by atomic mass is 16.4. The number of aliphatic carboxylic acids is 1. The maximum absolute atomic E-state index is 11.1. The summed E-state index contributed by atoms with van der Waals surface area (Å²) < 4.78 is 1.70. The van der Waals surface area contributed by atoms with Crippen molar-refractivity contribution in [3.8, 4) is 0 Å². The van der Waals surface area contributed by atoms with Gasteiger partial charge in [-0.3, -0.25) is 4.79 Å². The van der Waals surface area contributed by atoms with E-state index in [1.54, 1.807) is 10.8 Å². The summed E-state index contributed by atoms with van der Waals surface area (Å²) in [6, 6.07) is 1.98. The summed E-state index contributed by atoms with van der Waals surface area (Å²) in [5.41, 5.74) is 2.77. The van der Waals surface area contributed by atoms with Crippen molar-refractivity contribution in [2.45, 2.75) is 31.6 Å². The lowest BCUT2D eigenvalue weighted by molar-refractivity contribution is -0.142. The van der Waals surface area contributed by atoms with Crippen molar-refractivity contribution in [2.24, 2.45) is 5.92 Å². The topological polar surface area (TPSA) is 96.2 Å². The van der Waals surface area contributed by atoms with Gasteiger partial charge in [-0.05, 0) is 31.7 Å². The van der Waals surface area contributed by atoms with Crippen LogP contribution in [-0.2, 0) is 4.79 Å². The molecule has 0 bridgehead atoms. The molecule has 3 heterocycles. The van der Waals surface area contributed by atoms with Crippen molar-refractivity contribution < 1.29 is 9.90 Å². The zero-order valence-corrected chi connectivity index (χ0v) is 11.4. The highest BCUT2D eigenvalue weighted by Crippen LogP contribution is 2.37. The molecule has 7 heteroatoms. The Labute approximate surface area is 120 Å². The number of aromatic nitrogens is 5. The average Bonchev–Trinajstić information content (AvgIpc) is 3.13. The maximum Gasteiger partial charge on any atom is 0.306 e. The second-order valence-corrected chi connectivity index (χ2v) is 5.64. The minimum atomic E-state index is -0.682. The molecule has 108 valence electrons. The van der Waals surface area contributed by atoms with Gasteiger partial charge in [0.1, 0.15) is 17.5 Å². The highest BCUT2D eigenvalue weighted by molar-refractivity contribution is 5.92. The Hall–Kier alpha value is -2.44. The van der Waals surface area contributed by atoms with Crippen molar-refractivity contribution in [2.75, 3.05) is 0 Å². The van der Waals surface area contributed by atoms with E-state index in [9.17, 15) is 4.79 Å². The molecular formula is C14H15N5O2. The van der Waals surface area contributed by atoms with E-state index >= 15 is 0 Å². The van der Waals surface area contributed by atoms with Crippen LogP contribution >= 0.6 is 0 Å². The van der Waals surface area contributed by atoms with Crippen LogP contribution in [0, 0.1) is 5.92 Å². The molecular weight excluding hydrogens is 270 g/mol. The van der Waals surface area contributed by atoms with Crippen LogP contribution in [0.15, 0.2) is 18.6 Å². The SMILES string of the molecule is O=C(O)C1CCC(c2nnn3cnc4[nH]ccc4c23)CC1. The first kappa shape index (κ1) is 12.3. The Kier molecular flexibility index (Phi) is 2.66. The molecule has 0 atom stereocenters. The second-order valence-electron chi connectivity index (χ2n) is 5.64. The van der Waals surface area contributed by atoms with Gasteiger partial charge >= 0.3 is 5.97 Å². The van der Waals surface area contributed by atoms with E-state index in [1.807, 2.05) is 12.3 Å². The monoisotopic (exact) mass is 285 g/mol. The zero-order valence-electron chi connectivity index (χ0n) is 11.4. The van der Waals surface area contributed by atoms with E-state index in [4.69, 9.17) is 5.11 Å². The van der Waals surface area contributed by atoms with Gasteiger partial charge in [0.2, 0.25) is 0 Å². The molecule has 0 amide bonds. The van der Waals surface area contributed by atoms with Crippen LogP contribution in [0.25, 0.3) is 16.6 Å². The first-order valence-electron chi connectivity index (χ1n) is 7.14. The molecule has 21 heavy (non-hydrogen) atoms. The van der Waals surface area contributed by atoms with Gasteiger partial charge in [-0.2, -0.15) is 0 Å². The number of carboxylic acid groups (broad SMARTS) is 1. The summed E-state index contributed by atoms with van der Waals surface area (Å²) in [5.74, 6) is -0.617. The Morgan fingerprint density at radius 1 is 1.33 bits per heavy atom. The van der Waals surface area contributed by atoms with Crippen LogP contribution in [0.3, 0.4) is 0 Å². The molecule has 0 aliphatic heterocycles. The normalized spacial score (nSPS) is 22.9. The van der Waals surface area contributed by atoms with Gasteiger partial charge in [0, 0.05) is 17.5 Å². The summed E-state index contributed by atoms with van der Waals surface area (Å²) in [4.78, 5) is 18.4. The third-order valence-corrected chi connectivity index (χ3v) is 4.46. The lowest BCUT2D eigenvalue weighted by Gasteiger charge is -2.24. The van der Waals surface area contributed by atoms with Crippen LogP contribution in [-0.4, -0.2) is 35.9 Å². The number of carbonyl (C=O) groups is 1. The van der Waals surface area contributed by atoms with Gasteiger partial charge < -0.3 is 10.1 Å². The molecule has 7 nitrogen and oxygen atoms in total. The molecule has 3 aromatic rings. The van der Waals surface area contributed by atoms with Crippen molar-refractivity contribution in [3.63, 3.8) is 0 Å². The van der Waals surface area contributed by atoms with E-state index < -0.39 is 5.97 Å². The Morgan fingerprint density at radius 3 is 2.90 bits per heavy atom. The van der Waals surface area contributed by atoms with Crippen molar-refractivity contribution in [3.05, 3.63) is 24.3 Å². The minimum Gasteiger partial charge on any atom is -0.481 e. The molecule has 0 radical (unpaired) electrons. The van der Waals surface area contributed by atoms with Gasteiger partial charge in [0.25, 0.3) is 0 Å². The zero-order chi connectivity index (χ0) is 14.4. The fraction of sp³-hybridized carbons (Fsp3) is 0.429. The molecule has 1 aliphatic rings. The lowest BCUT2D eigenvalue weighted by atomic mass is 9.80. The molecule has 0 unspecified atom stereocenters. The molecule has 0 aromatic carbocycles. The number of nitrogens with one attached hydrogen (secondary N) is 1. The molecule has 1 aliphatic carbocycles. The molecule has 4 rings (SSSR count). The fourth-order valence-corrected chi connectivity index (χ4v) is 3.31. The molecule has 1 saturated carbocycles. The predicted molar refractivity (Wildman–Crippen MR) is 75.0 cm³/mol. The third kappa shape index (κ3) is 1.88. The van der Waals surface area contributed by atoms with E-state index in [1.165, 1.54) is 0 Å². The number of nitrogens with zero attached hydrogens (tertiary/aromatic N) is 4. The lowest BCUT2D eigenvalue weighted by Crippen LogP contribution is -2.20. The Morgan fingerprint density at radius 2 is 2.14 bits per heavy atom. The van der Waals surface area contributed by atoms with Gasteiger partial charge in [-0.1, -0.05) is 5.21 Å². The number of hydrogen-bond donors (Lipinski definition) is 2. The number of fused-ring (bicyclic) bond motifs is 3. The summed E-state index contributed by atoms with van der Waals surface area (Å²) in [6.45, 7) is 0. The number of carboxylic acids is 1. The van der Waals surface area contributed by atoms with E-state index in [0.29, 0.717) is 12.8 Å². The standard InChI is InChI=1S/C14H15N5O2/c20-14(21)9-3-1-8(2-4-9)11-12-10-5-6-15-13(10)16-7-19(12)18-17-11/h5-9,15H,1-4H2,(H,20,21). The van der Waals surface area contributed by atoms with Gasteiger partial charge in [-0.25, -0.2) is 9.50 Å². The van der Waals surface area contributed by atoms with Crippen LogP contribution < -0.4 is 0 Å². The predicted octanol–water partition coefficient (Wildman–Crippen LogP) is 1.96. The number of rotatable bonds is 2. The largest absolute Gasteiger partial charge is 0.481 e. The summed E-state index contributed by atoms with van der Waals surface area (Å²) in [7, 11) is 0. The van der Waals surface area contributed by atoms with Crippen molar-refractivity contribution >= 4 is 22.5 Å². The van der Waals surface area contributed by atoms with Gasteiger partial charge in [0.05, 0.1) is 11.6 Å². The smallest absolute Gasteiger partial charge is 0.306 e. The molecule has 1 fully saturated rings. The third-order valence-electron chi connectivity index (χ3n) is 4.46. The summed E-state index contributed by atoms with van der Waals surface area (Å²) >= 11 is 0. The molecule has 0 spiro atoms. The fourth-order valence-electron chi connectivity index (χ4n) is 3.31. The first-order valence-corrected chi connectivity index (χ1v) is 7.14. The molecule has 2 N–H and O–H groups in total. The minimum absolute atomic E-state index is 0.211. The van der Waals surface area contributed by atoms with Gasteiger partial charge in [0.15, 0.2) is 0 Å². The quantitative estimate of drug-likeness (QED) is 0.750. The van der Waals surface area contributed by atoms with Crippen LogP contribution in [0.4, 0.5) is 0 Å². The van der Waals surface area contributed by atoms with E-state index in [-0.39, 0.29) is 11.8 Å². The van der Waals surface area contributed by atoms with Crippen LogP contribution in [0.5, 0.6) is 0 Å². The maximum atomic E-state index is 11.1. The van der Waals surface area contributed by atoms with Crippen molar-refractivity contribution in [1.82, 2.24) is 24.8 Å². The Balaban J connectivity index is 1.74. The molecule has 3 aromatic heterocycles. The highest BCUT2D eigenvalue weighted by Gasteiger charge is 2.29. The number of H-pyrrole nitrogens is 1. The van der Waals surface area contributed by atoms with E-state index in [0.717, 1.165) is 35.1 Å². The van der Waals surface area contributed by atoms with E-state index in [2.05, 4.69) is 20.3 Å². The van der Waals surface area contributed by atoms with Crippen molar-refractivity contribution in [1.29, 1.82) is 0 Å².